The number of hydrogen-bond donors (Lipinski definition) is 1. The fraction of sp³-hybridized carbons (Fsp3) is 0.0909. The number of carboxylic acid groups (broad SMARTS) is 1. The minimum Gasteiger partial charge on any atom is -0.465 e. The Labute approximate surface area is 92.4 Å². The van der Waals surface area contributed by atoms with Gasteiger partial charge in [0.25, 0.3) is 0 Å². The molecule has 2 rings (SSSR count). The molecule has 1 amide bonds. The van der Waals surface area contributed by atoms with Crippen LogP contribution >= 0.6 is 11.8 Å². The monoisotopic (exact) mass is 220 g/mol. The largest absolute Gasteiger partial charge is 0.465 e. The van der Waals surface area contributed by atoms with Crippen LogP contribution in [0.5, 0.6) is 0 Å². The van der Waals surface area contributed by atoms with Crippen molar-refractivity contribution in [3.05, 3.63) is 46.7 Å². The maximum absolute atomic E-state index is 11.0. The van der Waals surface area contributed by atoms with Crippen molar-refractivity contribution < 1.29 is 9.90 Å². The zero-order valence-corrected chi connectivity index (χ0v) is 8.99. The third-order valence-electron chi connectivity index (χ3n) is 2.16. The molecule has 0 atom stereocenters. The molecule has 0 saturated heterocycles. The van der Waals surface area contributed by atoms with Gasteiger partial charge in [-0.25, -0.2) is 4.79 Å². The van der Waals surface area contributed by atoms with Crippen LogP contribution < -0.4 is 0 Å². The van der Waals surface area contributed by atoms with Crippen molar-refractivity contribution in [1.82, 2.24) is 4.90 Å². The number of hydrogen-bond acceptors (Lipinski definition) is 2. The Balaban J connectivity index is 2.34. The summed E-state index contributed by atoms with van der Waals surface area (Å²) in [5.41, 5.74) is 1.65. The van der Waals surface area contributed by atoms with E-state index in [1.165, 1.54) is 16.7 Å². The highest BCUT2D eigenvalue weighted by Crippen LogP contribution is 2.40. The second-order valence-corrected chi connectivity index (χ2v) is 4.19. The van der Waals surface area contributed by atoms with Crippen molar-refractivity contribution in [2.75, 3.05) is 0 Å². The Hall–Kier alpha value is -1.42. The lowest BCUT2D eigenvalue weighted by Crippen LogP contribution is -2.25. The molecule has 1 heterocycles. The molecule has 1 aromatic carbocycles. The summed E-state index contributed by atoms with van der Waals surface area (Å²) in [7, 11) is 0. The number of nitrogens with zero attached hydrogens (tertiary/aromatic N) is 1. The van der Waals surface area contributed by atoms with E-state index in [1.54, 1.807) is 6.92 Å². The highest BCUT2D eigenvalue weighted by Gasteiger charge is 2.30. The summed E-state index contributed by atoms with van der Waals surface area (Å²) in [6.07, 6.45) is -0.937. The summed E-state index contributed by atoms with van der Waals surface area (Å²) >= 11 is 1.44. The molecule has 0 spiro atoms. The molecule has 4 heteroatoms. The number of rotatable bonds is 1. The first kappa shape index (κ1) is 10.1. The molecule has 1 radical (unpaired) electrons. The lowest BCUT2D eigenvalue weighted by atomic mass is 10.1. The molecule has 0 fully saturated rings. The van der Waals surface area contributed by atoms with Crippen LogP contribution in [-0.4, -0.2) is 16.1 Å². The molecule has 0 saturated carbocycles. The summed E-state index contributed by atoms with van der Waals surface area (Å²) in [5.74, 6) is 0. The summed E-state index contributed by atoms with van der Waals surface area (Å²) in [4.78, 5) is 12.4. The first-order valence-corrected chi connectivity index (χ1v) is 5.37. The zero-order chi connectivity index (χ0) is 10.8. The second kappa shape index (κ2) is 3.98. The molecule has 3 nitrogen and oxygen atoms in total. The van der Waals surface area contributed by atoms with Crippen molar-refractivity contribution in [3.63, 3.8) is 0 Å². The van der Waals surface area contributed by atoms with Crippen LogP contribution in [0.2, 0.25) is 0 Å². The third-order valence-corrected chi connectivity index (χ3v) is 3.02. The van der Waals surface area contributed by atoms with Crippen molar-refractivity contribution in [2.24, 2.45) is 0 Å². The van der Waals surface area contributed by atoms with Crippen molar-refractivity contribution in [2.45, 2.75) is 6.92 Å². The van der Waals surface area contributed by atoms with Crippen LogP contribution in [0.1, 0.15) is 12.5 Å². The maximum atomic E-state index is 11.0. The third kappa shape index (κ3) is 1.85. The van der Waals surface area contributed by atoms with Crippen molar-refractivity contribution in [1.29, 1.82) is 0 Å². The molecule has 0 aromatic heterocycles. The van der Waals surface area contributed by atoms with Gasteiger partial charge in [0.2, 0.25) is 0 Å². The van der Waals surface area contributed by atoms with Crippen molar-refractivity contribution in [3.8, 4) is 0 Å². The molecule has 1 aliphatic rings. The fourth-order valence-corrected chi connectivity index (χ4v) is 2.27. The van der Waals surface area contributed by atoms with Crippen LogP contribution in [-0.2, 0) is 0 Å². The first-order valence-electron chi connectivity index (χ1n) is 4.49. The van der Waals surface area contributed by atoms with Crippen molar-refractivity contribution >= 4 is 23.6 Å². The van der Waals surface area contributed by atoms with Crippen LogP contribution in [0.4, 0.5) is 4.79 Å². The minimum absolute atomic E-state index is 0.727. The van der Waals surface area contributed by atoms with Gasteiger partial charge < -0.3 is 5.11 Å². The zero-order valence-electron chi connectivity index (χ0n) is 8.18. The van der Waals surface area contributed by atoms with E-state index in [0.717, 1.165) is 16.6 Å². The molecule has 77 valence electrons. The van der Waals surface area contributed by atoms with E-state index < -0.39 is 6.09 Å². The molecule has 15 heavy (non-hydrogen) atoms. The molecular formula is C11H10NO2S. The highest BCUT2D eigenvalue weighted by atomic mass is 32.2. The van der Waals surface area contributed by atoms with E-state index in [2.05, 4.69) is 0 Å². The molecule has 1 aromatic rings. The number of carbonyl (C=O) groups is 1. The minimum atomic E-state index is -0.937. The van der Waals surface area contributed by atoms with Gasteiger partial charge in [-0.3, -0.25) is 4.90 Å². The molecule has 1 aliphatic heterocycles. The van der Waals surface area contributed by atoms with Gasteiger partial charge in [-0.1, -0.05) is 42.1 Å². The van der Waals surface area contributed by atoms with E-state index in [-0.39, 0.29) is 0 Å². The van der Waals surface area contributed by atoms with Gasteiger partial charge in [0.1, 0.15) is 5.37 Å². The van der Waals surface area contributed by atoms with E-state index in [9.17, 15) is 4.79 Å². The van der Waals surface area contributed by atoms with Crippen LogP contribution in [0.25, 0.3) is 5.70 Å². The van der Waals surface area contributed by atoms with Gasteiger partial charge in [0, 0.05) is 0 Å². The highest BCUT2D eigenvalue weighted by molar-refractivity contribution is 8.05. The summed E-state index contributed by atoms with van der Waals surface area (Å²) in [5, 5.41) is 11.7. The number of benzene rings is 1. The topological polar surface area (TPSA) is 40.5 Å². The van der Waals surface area contributed by atoms with E-state index in [0.29, 0.717) is 0 Å². The van der Waals surface area contributed by atoms with E-state index in [1.807, 2.05) is 35.7 Å². The lowest BCUT2D eigenvalue weighted by Gasteiger charge is -2.19. The Bertz CT molecular complexity index is 402. The first-order chi connectivity index (χ1) is 7.20. The molecule has 0 aliphatic carbocycles. The normalized spacial score (nSPS) is 16.6. The second-order valence-electron chi connectivity index (χ2n) is 3.12. The van der Waals surface area contributed by atoms with Gasteiger partial charge in [-0.15, -0.1) is 0 Å². The predicted octanol–water partition coefficient (Wildman–Crippen LogP) is 3.22. The fourth-order valence-electron chi connectivity index (χ4n) is 1.46. The van der Waals surface area contributed by atoms with E-state index in [4.69, 9.17) is 5.11 Å². The smallest absolute Gasteiger partial charge is 0.413 e. The van der Waals surface area contributed by atoms with Crippen LogP contribution in [0, 0.1) is 5.37 Å². The molecule has 0 unspecified atom stereocenters. The van der Waals surface area contributed by atoms with Gasteiger partial charge in [0.05, 0.1) is 5.70 Å². The SMILES string of the molecule is C[C]1SC=C(c2ccccc2)N1C(=O)O. The van der Waals surface area contributed by atoms with Gasteiger partial charge in [-0.05, 0) is 17.9 Å². The predicted molar refractivity (Wildman–Crippen MR) is 60.8 cm³/mol. The van der Waals surface area contributed by atoms with Gasteiger partial charge >= 0.3 is 6.09 Å². The Morgan fingerprint density at radius 1 is 1.33 bits per heavy atom. The summed E-state index contributed by atoms with van der Waals surface area (Å²) in [6.45, 7) is 1.80. The average molecular weight is 220 g/mol. The van der Waals surface area contributed by atoms with Crippen LogP contribution in [0.3, 0.4) is 0 Å². The standard InChI is InChI=1S/C11H10NO2S/c1-8-12(11(13)14)10(7-15-8)9-5-3-2-4-6-9/h2-7H,1H3,(H,13,14). The number of thioether (sulfide) groups is 1. The Morgan fingerprint density at radius 2 is 2.00 bits per heavy atom. The van der Waals surface area contributed by atoms with Gasteiger partial charge in [-0.2, -0.15) is 0 Å². The summed E-state index contributed by atoms with van der Waals surface area (Å²) in [6, 6.07) is 9.51. The Kier molecular flexibility index (Phi) is 2.68. The average Bonchev–Trinajstić information content (AvgIpc) is 2.61. The van der Waals surface area contributed by atoms with Gasteiger partial charge in [0.15, 0.2) is 0 Å². The quantitative estimate of drug-likeness (QED) is 0.790. The number of amides is 1. The van der Waals surface area contributed by atoms with E-state index >= 15 is 0 Å². The Morgan fingerprint density at radius 3 is 2.60 bits per heavy atom. The molecular weight excluding hydrogens is 210 g/mol. The molecule has 1 N–H and O–H groups in total. The molecule has 0 bridgehead atoms. The maximum Gasteiger partial charge on any atom is 0.413 e. The lowest BCUT2D eigenvalue weighted by molar-refractivity contribution is 0.173. The summed E-state index contributed by atoms with van der Waals surface area (Å²) < 4.78 is 0. The van der Waals surface area contributed by atoms with Crippen LogP contribution in [0.15, 0.2) is 35.7 Å².